The number of benzene rings is 3. The molecule has 0 atom stereocenters. The molecule has 46 heavy (non-hydrogen) atoms. The van der Waals surface area contributed by atoms with Crippen LogP contribution in [0, 0.1) is 23.2 Å². The molecule has 4 aliphatic rings. The Kier molecular flexibility index (Phi) is 8.29. The van der Waals surface area contributed by atoms with E-state index in [-0.39, 0.29) is 51.7 Å². The lowest BCUT2D eigenvalue weighted by Gasteiger charge is -2.55. The summed E-state index contributed by atoms with van der Waals surface area (Å²) in [6.45, 7) is 0. The van der Waals surface area contributed by atoms with Crippen molar-refractivity contribution in [3.8, 4) is 0 Å². The van der Waals surface area contributed by atoms with Gasteiger partial charge in [0.25, 0.3) is 10.1 Å². The Balaban J connectivity index is 1.45. The first-order chi connectivity index (χ1) is 21.6. The van der Waals surface area contributed by atoms with Crippen molar-refractivity contribution in [1.29, 1.82) is 0 Å². The van der Waals surface area contributed by atoms with E-state index in [9.17, 15) is 39.6 Å². The van der Waals surface area contributed by atoms with E-state index in [0.29, 0.717) is 0 Å². The van der Waals surface area contributed by atoms with Crippen molar-refractivity contribution in [2.75, 3.05) is 5.75 Å². The topological polar surface area (TPSA) is 69.7 Å². The van der Waals surface area contributed by atoms with Gasteiger partial charge in [-0.2, -0.15) is 34.8 Å². The molecule has 7 rings (SSSR count). The number of carbonyl (C=O) groups is 1. The van der Waals surface area contributed by atoms with Crippen LogP contribution in [0.2, 0.25) is 0 Å². The van der Waals surface area contributed by atoms with Crippen molar-refractivity contribution in [2.45, 2.75) is 71.2 Å². The SMILES string of the molecule is O=C(OC(CS(=O)(=O)OS(c1ccccc1)(c1ccccc1)c1ccccc1)(C(F)(F)F)C(F)(F)F)C12CC3CC(CC(C3)C1)C2. The van der Waals surface area contributed by atoms with Crippen LogP contribution in [0.1, 0.15) is 38.5 Å². The molecule has 0 saturated heterocycles. The molecule has 3 aromatic carbocycles. The minimum atomic E-state index is -6.34. The number of carbonyl (C=O) groups excluding carboxylic acids is 1. The van der Waals surface area contributed by atoms with E-state index >= 15 is 0 Å². The van der Waals surface area contributed by atoms with Gasteiger partial charge in [-0.05, 0) is 103 Å². The second-order valence-corrected chi connectivity index (χ2v) is 17.2. The van der Waals surface area contributed by atoms with E-state index in [1.807, 2.05) is 0 Å². The Hall–Kier alpha value is -3.03. The van der Waals surface area contributed by atoms with Gasteiger partial charge in [-0.25, -0.2) is 3.63 Å². The van der Waals surface area contributed by atoms with Crippen LogP contribution in [0.25, 0.3) is 0 Å². The normalized spacial score (nSPS) is 25.3. The van der Waals surface area contributed by atoms with Gasteiger partial charge in [-0.15, -0.1) is 0 Å². The number of rotatable bonds is 9. The quantitative estimate of drug-likeness (QED) is 0.166. The van der Waals surface area contributed by atoms with Gasteiger partial charge in [0, 0.05) is 14.7 Å². The third-order valence-electron chi connectivity index (χ3n) is 9.47. The van der Waals surface area contributed by atoms with Crippen LogP contribution in [0.3, 0.4) is 0 Å². The van der Waals surface area contributed by atoms with Crippen molar-refractivity contribution in [2.24, 2.45) is 23.2 Å². The molecule has 0 heterocycles. The third kappa shape index (κ3) is 5.72. The molecular formula is C33H32F6O5S2. The Morgan fingerprint density at radius 2 is 1.00 bits per heavy atom. The second kappa shape index (κ2) is 11.6. The fraction of sp³-hybridized carbons (Fsp3) is 0.424. The lowest BCUT2D eigenvalue weighted by molar-refractivity contribution is -0.364. The van der Waals surface area contributed by atoms with Gasteiger partial charge in [-0.1, -0.05) is 54.6 Å². The van der Waals surface area contributed by atoms with Crippen LogP contribution in [-0.4, -0.2) is 38.1 Å². The molecule has 0 N–H and O–H groups in total. The molecule has 13 heteroatoms. The van der Waals surface area contributed by atoms with Crippen molar-refractivity contribution in [1.82, 2.24) is 0 Å². The molecule has 248 valence electrons. The Morgan fingerprint density at radius 3 is 1.33 bits per heavy atom. The molecule has 0 radical (unpaired) electrons. The fourth-order valence-electron chi connectivity index (χ4n) is 7.89. The first kappa shape index (κ1) is 32.9. The summed E-state index contributed by atoms with van der Waals surface area (Å²) in [7, 11) is -9.27. The molecule has 0 aliphatic heterocycles. The van der Waals surface area contributed by atoms with Crippen LogP contribution in [0.4, 0.5) is 26.3 Å². The molecular weight excluding hydrogens is 654 g/mol. The maximum atomic E-state index is 14.8. The molecule has 5 nitrogen and oxygen atoms in total. The van der Waals surface area contributed by atoms with E-state index in [2.05, 4.69) is 4.74 Å². The van der Waals surface area contributed by atoms with Crippen LogP contribution in [0.5, 0.6) is 0 Å². The zero-order chi connectivity index (χ0) is 33.0. The zero-order valence-electron chi connectivity index (χ0n) is 24.5. The summed E-state index contributed by atoms with van der Waals surface area (Å²) >= 11 is 0. The van der Waals surface area contributed by atoms with Gasteiger partial charge < -0.3 is 4.74 Å². The number of alkyl halides is 6. The summed E-state index contributed by atoms with van der Waals surface area (Å²) in [6, 6.07) is 23.2. The van der Waals surface area contributed by atoms with Gasteiger partial charge >= 0.3 is 23.9 Å². The average Bonchev–Trinajstić information content (AvgIpc) is 2.99. The summed E-state index contributed by atoms with van der Waals surface area (Å²) in [5.74, 6) is -4.34. The van der Waals surface area contributed by atoms with Gasteiger partial charge in [0.2, 0.25) is 0 Å². The van der Waals surface area contributed by atoms with Crippen molar-refractivity contribution in [3.05, 3.63) is 91.0 Å². The summed E-state index contributed by atoms with van der Waals surface area (Å²) in [6.07, 6.45) is -10.0. The van der Waals surface area contributed by atoms with E-state index in [4.69, 9.17) is 3.63 Å². The minimum Gasteiger partial charge on any atom is -0.438 e. The molecule has 4 bridgehead atoms. The molecule has 4 fully saturated rings. The van der Waals surface area contributed by atoms with Crippen LogP contribution >= 0.6 is 10.3 Å². The number of hydrogen-bond acceptors (Lipinski definition) is 5. The number of esters is 1. The number of halogens is 6. The lowest BCUT2D eigenvalue weighted by atomic mass is 9.49. The summed E-state index contributed by atoms with van der Waals surface area (Å²) in [4.78, 5) is 14.2. The summed E-state index contributed by atoms with van der Waals surface area (Å²) < 4.78 is 127. The standard InChI is InChI=1S/C33H32F6O5S2/c34-32(35,36)31(33(37,38)39,43-29(40)30-19-23-16-24(20-30)18-25(17-23)21-30)22-45(41,42)44-46(26-10-4-1-5-11-26,27-12-6-2-7-13-27)28-14-8-3-9-15-28/h1-15,23-25H,16-22H2. The van der Waals surface area contributed by atoms with Crippen LogP contribution in [0.15, 0.2) is 106 Å². The van der Waals surface area contributed by atoms with Crippen LogP contribution in [-0.2, 0) is 23.3 Å². The first-order valence-electron chi connectivity index (χ1n) is 14.9. The third-order valence-corrected chi connectivity index (χ3v) is 14.7. The monoisotopic (exact) mass is 686 g/mol. The molecule has 4 saturated carbocycles. The Morgan fingerprint density at radius 1 is 0.652 bits per heavy atom. The zero-order valence-corrected chi connectivity index (χ0v) is 26.1. The summed E-state index contributed by atoms with van der Waals surface area (Å²) in [5.41, 5.74) is -6.89. The first-order valence-corrected chi connectivity index (χ1v) is 18.0. The molecule has 4 aliphatic carbocycles. The minimum absolute atomic E-state index is 0.00359. The molecule has 3 aromatic rings. The largest absolute Gasteiger partial charge is 0.438 e. The maximum absolute atomic E-state index is 14.8. The molecule has 0 unspecified atom stereocenters. The van der Waals surface area contributed by atoms with Gasteiger partial charge in [0.1, 0.15) is 5.75 Å². The lowest BCUT2D eigenvalue weighted by Crippen LogP contribution is -2.65. The molecule has 0 amide bonds. The number of ether oxygens (including phenoxy) is 1. The summed E-state index contributed by atoms with van der Waals surface area (Å²) in [5, 5.41) is 0. The fourth-order valence-corrected chi connectivity index (χ4v) is 13.6. The Labute approximate surface area is 264 Å². The van der Waals surface area contributed by atoms with Gasteiger partial charge in [-0.3, -0.25) is 4.79 Å². The number of hydrogen-bond donors (Lipinski definition) is 0. The van der Waals surface area contributed by atoms with E-state index in [1.165, 1.54) is 36.4 Å². The highest BCUT2D eigenvalue weighted by molar-refractivity contribution is 8.33. The highest BCUT2D eigenvalue weighted by atomic mass is 32.3. The highest BCUT2D eigenvalue weighted by Crippen LogP contribution is 2.70. The van der Waals surface area contributed by atoms with Gasteiger partial charge in [0.15, 0.2) is 0 Å². The van der Waals surface area contributed by atoms with E-state index < -0.39 is 55.5 Å². The van der Waals surface area contributed by atoms with Gasteiger partial charge in [0.05, 0.1) is 5.41 Å². The van der Waals surface area contributed by atoms with E-state index in [0.717, 1.165) is 19.3 Å². The molecule has 0 aromatic heterocycles. The predicted molar refractivity (Wildman–Crippen MR) is 158 cm³/mol. The second-order valence-electron chi connectivity index (χ2n) is 12.7. The highest BCUT2D eigenvalue weighted by Gasteiger charge is 2.77. The van der Waals surface area contributed by atoms with Crippen molar-refractivity contribution >= 4 is 26.4 Å². The van der Waals surface area contributed by atoms with E-state index in [1.54, 1.807) is 54.6 Å². The average molecular weight is 687 g/mol. The molecule has 0 spiro atoms. The Bertz CT molecular complexity index is 1520. The smallest absolute Gasteiger partial charge is 0.438 e. The maximum Gasteiger partial charge on any atom is 0.438 e. The predicted octanol–water partition coefficient (Wildman–Crippen LogP) is 8.85. The van der Waals surface area contributed by atoms with Crippen molar-refractivity contribution in [3.63, 3.8) is 0 Å². The van der Waals surface area contributed by atoms with Crippen molar-refractivity contribution < 1.29 is 47.9 Å². The van der Waals surface area contributed by atoms with Crippen LogP contribution < -0.4 is 0 Å².